The first-order valence-corrected chi connectivity index (χ1v) is 7.79. The van der Waals surface area contributed by atoms with E-state index in [1.54, 1.807) is 0 Å². The quantitative estimate of drug-likeness (QED) is 0.889. The Morgan fingerprint density at radius 1 is 1.37 bits per heavy atom. The standard InChI is InChI=1S/C11H14Cl2N2O3S/c1-3-6(2)15-11(16)7-4-10(19(14,17)18)9(13)5-8(7)12/h4-6H,3H2,1-2H3,(H,15,16)(H2,14,17,18)/t6-/m0/s1. The molecule has 0 saturated heterocycles. The number of carbonyl (C=O) groups excluding carboxylic acids is 1. The van der Waals surface area contributed by atoms with E-state index in [0.29, 0.717) is 0 Å². The number of amides is 1. The predicted octanol–water partition coefficient (Wildman–Crippen LogP) is 2.17. The van der Waals surface area contributed by atoms with Crippen LogP contribution >= 0.6 is 23.2 Å². The minimum Gasteiger partial charge on any atom is -0.350 e. The summed E-state index contributed by atoms with van der Waals surface area (Å²) in [4.78, 5) is 11.6. The number of halogens is 2. The highest BCUT2D eigenvalue weighted by atomic mass is 35.5. The number of primary sulfonamides is 1. The molecule has 0 spiro atoms. The lowest BCUT2D eigenvalue weighted by Gasteiger charge is -2.13. The molecular weight excluding hydrogens is 311 g/mol. The second kappa shape index (κ2) is 6.09. The molecule has 1 aromatic carbocycles. The fraction of sp³-hybridized carbons (Fsp3) is 0.364. The van der Waals surface area contributed by atoms with E-state index >= 15 is 0 Å². The van der Waals surface area contributed by atoms with Crippen LogP contribution in [0.5, 0.6) is 0 Å². The number of hydrogen-bond donors (Lipinski definition) is 2. The zero-order valence-electron chi connectivity index (χ0n) is 10.4. The van der Waals surface area contributed by atoms with Crippen LogP contribution in [0.15, 0.2) is 17.0 Å². The molecule has 106 valence electrons. The molecule has 0 fully saturated rings. The average molecular weight is 325 g/mol. The van der Waals surface area contributed by atoms with Gasteiger partial charge in [-0.05, 0) is 25.5 Å². The van der Waals surface area contributed by atoms with Gasteiger partial charge in [-0.3, -0.25) is 4.79 Å². The Balaban J connectivity index is 3.26. The maximum Gasteiger partial charge on any atom is 0.253 e. The minimum absolute atomic E-state index is 0.0235. The summed E-state index contributed by atoms with van der Waals surface area (Å²) >= 11 is 11.6. The second-order valence-electron chi connectivity index (χ2n) is 4.09. The normalized spacial score (nSPS) is 13.1. The SMILES string of the molecule is CC[C@H](C)NC(=O)c1cc(S(N)(=O)=O)c(Cl)cc1Cl. The third-order valence-electron chi connectivity index (χ3n) is 2.56. The van der Waals surface area contributed by atoms with Crippen LogP contribution in [0.4, 0.5) is 0 Å². The van der Waals surface area contributed by atoms with Gasteiger partial charge in [-0.2, -0.15) is 0 Å². The summed E-state index contributed by atoms with van der Waals surface area (Å²) in [5, 5.41) is 7.65. The van der Waals surface area contributed by atoms with Crippen LogP contribution in [0, 0.1) is 0 Å². The van der Waals surface area contributed by atoms with Gasteiger partial charge in [0.25, 0.3) is 5.91 Å². The van der Waals surface area contributed by atoms with Gasteiger partial charge in [-0.1, -0.05) is 30.1 Å². The zero-order valence-corrected chi connectivity index (χ0v) is 12.7. The predicted molar refractivity (Wildman–Crippen MR) is 75.1 cm³/mol. The second-order valence-corrected chi connectivity index (χ2v) is 6.43. The van der Waals surface area contributed by atoms with Crippen molar-refractivity contribution in [1.29, 1.82) is 0 Å². The number of hydrogen-bond acceptors (Lipinski definition) is 3. The van der Waals surface area contributed by atoms with Gasteiger partial charge in [0.1, 0.15) is 4.90 Å². The van der Waals surface area contributed by atoms with Crippen molar-refractivity contribution >= 4 is 39.1 Å². The lowest BCUT2D eigenvalue weighted by molar-refractivity contribution is 0.0939. The van der Waals surface area contributed by atoms with Crippen LogP contribution in [0.1, 0.15) is 30.6 Å². The van der Waals surface area contributed by atoms with E-state index in [2.05, 4.69) is 5.32 Å². The van der Waals surface area contributed by atoms with Gasteiger partial charge in [0.05, 0.1) is 15.6 Å². The van der Waals surface area contributed by atoms with Crippen molar-refractivity contribution in [2.45, 2.75) is 31.2 Å². The van der Waals surface area contributed by atoms with Crippen molar-refractivity contribution in [3.8, 4) is 0 Å². The molecule has 0 heterocycles. The van der Waals surface area contributed by atoms with E-state index in [4.69, 9.17) is 28.3 Å². The number of carbonyl (C=O) groups is 1. The molecule has 0 unspecified atom stereocenters. The van der Waals surface area contributed by atoms with Crippen molar-refractivity contribution in [3.05, 3.63) is 27.7 Å². The van der Waals surface area contributed by atoms with E-state index in [1.165, 1.54) is 6.07 Å². The molecule has 8 heteroatoms. The first-order valence-electron chi connectivity index (χ1n) is 5.49. The summed E-state index contributed by atoms with van der Waals surface area (Å²) in [6.07, 6.45) is 0.735. The van der Waals surface area contributed by atoms with Crippen molar-refractivity contribution in [3.63, 3.8) is 0 Å². The minimum atomic E-state index is -4.01. The summed E-state index contributed by atoms with van der Waals surface area (Å²) in [6, 6.07) is 2.21. The Morgan fingerprint density at radius 2 is 1.95 bits per heavy atom. The van der Waals surface area contributed by atoms with Gasteiger partial charge in [-0.15, -0.1) is 0 Å². The Labute approximate surface area is 122 Å². The van der Waals surface area contributed by atoms with Crippen molar-refractivity contribution in [2.24, 2.45) is 5.14 Å². The Kier molecular flexibility index (Phi) is 5.20. The number of sulfonamides is 1. The molecule has 0 aliphatic carbocycles. The topological polar surface area (TPSA) is 89.3 Å². The molecule has 0 aliphatic rings. The van der Waals surface area contributed by atoms with E-state index in [9.17, 15) is 13.2 Å². The summed E-state index contributed by atoms with van der Waals surface area (Å²) in [6.45, 7) is 3.73. The molecule has 3 N–H and O–H groups in total. The summed E-state index contributed by atoms with van der Waals surface area (Å²) < 4.78 is 22.7. The fourth-order valence-corrected chi connectivity index (χ4v) is 2.73. The monoisotopic (exact) mass is 324 g/mol. The number of rotatable bonds is 4. The molecule has 1 rings (SSSR count). The van der Waals surface area contributed by atoms with Crippen LogP contribution in [-0.2, 0) is 10.0 Å². The zero-order chi connectivity index (χ0) is 14.8. The third-order valence-corrected chi connectivity index (χ3v) is 4.25. The van der Waals surface area contributed by atoms with Crippen LogP contribution in [-0.4, -0.2) is 20.4 Å². The lowest BCUT2D eigenvalue weighted by Crippen LogP contribution is -2.32. The molecule has 0 bridgehead atoms. The van der Waals surface area contributed by atoms with E-state index < -0.39 is 15.9 Å². The highest BCUT2D eigenvalue weighted by Gasteiger charge is 2.20. The molecule has 0 radical (unpaired) electrons. The molecule has 19 heavy (non-hydrogen) atoms. The maximum absolute atomic E-state index is 12.0. The molecule has 0 saturated carbocycles. The number of benzene rings is 1. The maximum atomic E-state index is 12.0. The van der Waals surface area contributed by atoms with E-state index in [-0.39, 0.29) is 26.5 Å². The van der Waals surface area contributed by atoms with Gasteiger partial charge in [0.2, 0.25) is 10.0 Å². The fourth-order valence-electron chi connectivity index (χ4n) is 1.32. The Hall–Kier alpha value is -0.820. The summed E-state index contributed by atoms with van der Waals surface area (Å²) in [7, 11) is -4.01. The molecule has 0 aliphatic heterocycles. The number of nitrogens with two attached hydrogens (primary N) is 1. The first-order chi connectivity index (χ1) is 8.66. The van der Waals surface area contributed by atoms with Gasteiger partial charge in [0, 0.05) is 6.04 Å². The Bertz CT molecular complexity index is 602. The van der Waals surface area contributed by atoms with Gasteiger partial charge in [-0.25, -0.2) is 13.6 Å². The highest BCUT2D eigenvalue weighted by Crippen LogP contribution is 2.28. The van der Waals surface area contributed by atoms with Crippen LogP contribution in [0.3, 0.4) is 0 Å². The Morgan fingerprint density at radius 3 is 2.42 bits per heavy atom. The van der Waals surface area contributed by atoms with Crippen LogP contribution in [0.2, 0.25) is 10.0 Å². The molecule has 1 aromatic rings. The molecule has 0 aromatic heterocycles. The van der Waals surface area contributed by atoms with Gasteiger partial charge >= 0.3 is 0 Å². The van der Waals surface area contributed by atoms with Crippen molar-refractivity contribution in [2.75, 3.05) is 0 Å². The van der Waals surface area contributed by atoms with Gasteiger partial charge in [0.15, 0.2) is 0 Å². The smallest absolute Gasteiger partial charge is 0.253 e. The average Bonchev–Trinajstić information content (AvgIpc) is 2.26. The summed E-state index contributed by atoms with van der Waals surface area (Å²) in [5.74, 6) is -0.471. The molecule has 5 nitrogen and oxygen atoms in total. The summed E-state index contributed by atoms with van der Waals surface area (Å²) in [5.41, 5.74) is 0.0235. The van der Waals surface area contributed by atoms with Crippen LogP contribution in [0.25, 0.3) is 0 Å². The van der Waals surface area contributed by atoms with Crippen LogP contribution < -0.4 is 10.5 Å². The highest BCUT2D eigenvalue weighted by molar-refractivity contribution is 7.89. The number of nitrogens with one attached hydrogen (secondary N) is 1. The van der Waals surface area contributed by atoms with Gasteiger partial charge < -0.3 is 5.32 Å². The largest absolute Gasteiger partial charge is 0.350 e. The third kappa shape index (κ3) is 4.07. The molecular formula is C11H14Cl2N2O3S. The first kappa shape index (κ1) is 16.2. The van der Waals surface area contributed by atoms with E-state index in [1.807, 2.05) is 13.8 Å². The lowest BCUT2D eigenvalue weighted by atomic mass is 10.2. The van der Waals surface area contributed by atoms with Crippen molar-refractivity contribution in [1.82, 2.24) is 5.32 Å². The van der Waals surface area contributed by atoms with Crippen molar-refractivity contribution < 1.29 is 13.2 Å². The van der Waals surface area contributed by atoms with E-state index in [0.717, 1.165) is 12.5 Å². The molecule has 1 amide bonds. The molecule has 1 atom stereocenters.